The monoisotopic (exact) mass is 224 g/mol. The van der Waals surface area contributed by atoms with E-state index in [1.54, 1.807) is 0 Å². The Morgan fingerprint density at radius 2 is 1.88 bits per heavy atom. The van der Waals surface area contributed by atoms with Crippen molar-refractivity contribution in [3.63, 3.8) is 0 Å². The molecule has 4 rings (SSSR count). The quantitative estimate of drug-likeness (QED) is 0.678. The number of fused-ring (bicyclic) bond motifs is 3. The van der Waals surface area contributed by atoms with E-state index in [2.05, 4.69) is 6.92 Å². The summed E-state index contributed by atoms with van der Waals surface area (Å²) in [5, 5.41) is 10.3. The molecule has 1 N–H and O–H groups in total. The summed E-state index contributed by atoms with van der Waals surface area (Å²) >= 11 is 0. The molecule has 16 heavy (non-hydrogen) atoms. The van der Waals surface area contributed by atoms with Gasteiger partial charge in [-0.3, -0.25) is 0 Å². The molecular weight excluding hydrogens is 204 g/mol. The van der Waals surface area contributed by atoms with Crippen LogP contribution in [0.3, 0.4) is 0 Å². The highest BCUT2D eigenvalue weighted by molar-refractivity contribution is 5.16. The lowest BCUT2D eigenvalue weighted by Crippen LogP contribution is -2.47. The molecule has 3 saturated carbocycles. The molecule has 4 fully saturated rings. The van der Waals surface area contributed by atoms with Gasteiger partial charge in [0.15, 0.2) is 5.79 Å². The Bertz CT molecular complexity index is 323. The number of aliphatic hydroxyl groups excluding tert-OH is 1. The second-order valence-corrected chi connectivity index (χ2v) is 6.42. The summed E-state index contributed by atoms with van der Waals surface area (Å²) in [6.07, 6.45) is 4.26. The fourth-order valence-corrected chi connectivity index (χ4v) is 4.69. The highest BCUT2D eigenvalue weighted by Gasteiger charge is 2.68. The summed E-state index contributed by atoms with van der Waals surface area (Å²) in [6, 6.07) is 0. The Morgan fingerprint density at radius 1 is 1.12 bits per heavy atom. The first-order chi connectivity index (χ1) is 7.65. The Hall–Kier alpha value is -0.120. The molecule has 0 radical (unpaired) electrons. The average molecular weight is 224 g/mol. The predicted octanol–water partition coefficient (Wildman–Crippen LogP) is 1.55. The number of hydrogen-bond acceptors (Lipinski definition) is 3. The lowest BCUT2D eigenvalue weighted by Gasteiger charge is -2.46. The van der Waals surface area contributed by atoms with Gasteiger partial charge >= 0.3 is 0 Å². The van der Waals surface area contributed by atoms with Gasteiger partial charge in [0.2, 0.25) is 0 Å². The molecule has 0 unspecified atom stereocenters. The molecule has 3 nitrogen and oxygen atoms in total. The number of hydrogen-bond donors (Lipinski definition) is 1. The fourth-order valence-electron chi connectivity index (χ4n) is 4.69. The van der Waals surface area contributed by atoms with Crippen LogP contribution < -0.4 is 0 Å². The van der Waals surface area contributed by atoms with E-state index >= 15 is 0 Å². The van der Waals surface area contributed by atoms with Gasteiger partial charge in [-0.25, -0.2) is 0 Å². The minimum Gasteiger partial charge on any atom is -0.393 e. The summed E-state index contributed by atoms with van der Waals surface area (Å²) < 4.78 is 11.6. The van der Waals surface area contributed by atoms with Crippen LogP contribution in [-0.4, -0.2) is 30.2 Å². The van der Waals surface area contributed by atoms with Crippen LogP contribution >= 0.6 is 0 Å². The van der Waals surface area contributed by atoms with Crippen molar-refractivity contribution in [1.82, 2.24) is 0 Å². The zero-order chi connectivity index (χ0) is 11.0. The van der Waals surface area contributed by atoms with Crippen molar-refractivity contribution < 1.29 is 14.6 Å². The van der Waals surface area contributed by atoms with Crippen LogP contribution in [-0.2, 0) is 9.47 Å². The smallest absolute Gasteiger partial charge is 0.168 e. The lowest BCUT2D eigenvalue weighted by atomic mass is 9.64. The number of aliphatic hydroxyl groups is 1. The molecule has 1 saturated heterocycles. The Balaban J connectivity index is 1.63. The van der Waals surface area contributed by atoms with Gasteiger partial charge in [0.1, 0.15) is 0 Å². The normalized spacial score (nSPS) is 57.4. The highest BCUT2D eigenvalue weighted by Crippen LogP contribution is 2.70. The minimum atomic E-state index is -0.331. The third-order valence-corrected chi connectivity index (χ3v) is 5.77. The van der Waals surface area contributed by atoms with Gasteiger partial charge in [0, 0.05) is 12.8 Å². The minimum absolute atomic E-state index is 0.0972. The van der Waals surface area contributed by atoms with E-state index in [4.69, 9.17) is 9.47 Å². The van der Waals surface area contributed by atoms with E-state index in [-0.39, 0.29) is 11.9 Å². The Labute approximate surface area is 96.1 Å². The van der Waals surface area contributed by atoms with E-state index in [0.717, 1.165) is 38.4 Å². The molecule has 0 aromatic rings. The molecule has 0 aromatic heterocycles. The maximum absolute atomic E-state index is 10.3. The highest BCUT2D eigenvalue weighted by atomic mass is 16.7. The standard InChI is InChI=1S/C13H20O3/c1-12-2-3-13(15-4-5-16-13)7-10(12)11(14)8-6-9(8)12/h8-11,14H,2-7H2,1H3/t8-,9+,10-,11-,12-/m0/s1. The molecule has 5 atom stereocenters. The van der Waals surface area contributed by atoms with Crippen LogP contribution in [0.15, 0.2) is 0 Å². The second kappa shape index (κ2) is 2.82. The topological polar surface area (TPSA) is 38.7 Å². The summed E-state index contributed by atoms with van der Waals surface area (Å²) in [6.45, 7) is 3.83. The van der Waals surface area contributed by atoms with Crippen molar-refractivity contribution in [2.24, 2.45) is 23.2 Å². The number of rotatable bonds is 0. The molecule has 1 aliphatic heterocycles. The molecule has 4 aliphatic rings. The summed E-state index contributed by atoms with van der Waals surface area (Å²) in [7, 11) is 0. The summed E-state index contributed by atoms with van der Waals surface area (Å²) in [5.41, 5.74) is 0.366. The first-order valence-corrected chi connectivity index (χ1v) is 6.61. The molecule has 0 bridgehead atoms. The maximum atomic E-state index is 10.3. The molecular formula is C13H20O3. The predicted molar refractivity (Wildman–Crippen MR) is 57.7 cm³/mol. The van der Waals surface area contributed by atoms with Gasteiger partial charge in [-0.2, -0.15) is 0 Å². The van der Waals surface area contributed by atoms with E-state index in [1.165, 1.54) is 6.42 Å². The van der Waals surface area contributed by atoms with Crippen LogP contribution in [0.2, 0.25) is 0 Å². The van der Waals surface area contributed by atoms with Crippen molar-refractivity contribution in [3.05, 3.63) is 0 Å². The molecule has 1 heterocycles. The third kappa shape index (κ3) is 1.05. The van der Waals surface area contributed by atoms with E-state index in [9.17, 15) is 5.11 Å². The SMILES string of the molecule is C[C@@]12CCC3(C[C@H]1[C@@H](O)[C@H]1C[C@H]12)OCCO3. The zero-order valence-corrected chi connectivity index (χ0v) is 9.82. The van der Waals surface area contributed by atoms with Gasteiger partial charge in [-0.1, -0.05) is 6.92 Å². The van der Waals surface area contributed by atoms with E-state index in [0.29, 0.717) is 17.3 Å². The van der Waals surface area contributed by atoms with Crippen molar-refractivity contribution >= 4 is 0 Å². The lowest BCUT2D eigenvalue weighted by molar-refractivity contribution is -0.213. The first-order valence-electron chi connectivity index (χ1n) is 6.61. The van der Waals surface area contributed by atoms with E-state index < -0.39 is 0 Å². The fraction of sp³-hybridized carbons (Fsp3) is 1.00. The number of ether oxygens (including phenoxy) is 2. The molecule has 1 spiro atoms. The van der Waals surface area contributed by atoms with Crippen molar-refractivity contribution in [2.75, 3.05) is 13.2 Å². The maximum Gasteiger partial charge on any atom is 0.168 e. The molecule has 3 heteroatoms. The molecule has 0 amide bonds. The van der Waals surface area contributed by atoms with Gasteiger partial charge in [-0.15, -0.1) is 0 Å². The van der Waals surface area contributed by atoms with Gasteiger partial charge in [0.25, 0.3) is 0 Å². The molecule has 0 aromatic carbocycles. The van der Waals surface area contributed by atoms with Crippen molar-refractivity contribution in [1.29, 1.82) is 0 Å². The summed E-state index contributed by atoms with van der Waals surface area (Å²) in [4.78, 5) is 0. The average Bonchev–Trinajstić information content (AvgIpc) is 2.92. The summed E-state index contributed by atoms with van der Waals surface area (Å²) in [5.74, 6) is 1.45. The first kappa shape index (κ1) is 9.86. The largest absolute Gasteiger partial charge is 0.393 e. The molecule has 3 aliphatic carbocycles. The van der Waals surface area contributed by atoms with Crippen molar-refractivity contribution in [3.8, 4) is 0 Å². The van der Waals surface area contributed by atoms with Crippen LogP contribution in [0.1, 0.15) is 32.6 Å². The van der Waals surface area contributed by atoms with E-state index in [1.807, 2.05) is 0 Å². The van der Waals surface area contributed by atoms with Crippen LogP contribution in [0.4, 0.5) is 0 Å². The van der Waals surface area contributed by atoms with Crippen LogP contribution in [0.5, 0.6) is 0 Å². The second-order valence-electron chi connectivity index (χ2n) is 6.42. The van der Waals surface area contributed by atoms with Crippen LogP contribution in [0, 0.1) is 23.2 Å². The third-order valence-electron chi connectivity index (χ3n) is 5.77. The molecule has 90 valence electrons. The van der Waals surface area contributed by atoms with Crippen molar-refractivity contribution in [2.45, 2.75) is 44.5 Å². The van der Waals surface area contributed by atoms with Gasteiger partial charge in [0.05, 0.1) is 19.3 Å². The Kier molecular flexibility index (Phi) is 1.74. The zero-order valence-electron chi connectivity index (χ0n) is 9.82. The Morgan fingerprint density at radius 3 is 2.62 bits per heavy atom. The van der Waals surface area contributed by atoms with Gasteiger partial charge < -0.3 is 14.6 Å². The van der Waals surface area contributed by atoms with Gasteiger partial charge in [-0.05, 0) is 36.0 Å². The van der Waals surface area contributed by atoms with Crippen LogP contribution in [0.25, 0.3) is 0 Å².